The molecule has 0 aromatic heterocycles. The molecule has 3 heteroatoms. The summed E-state index contributed by atoms with van der Waals surface area (Å²) in [6.07, 6.45) is 1.18. The molecular weight excluding hydrogens is 234 g/mol. The Kier molecular flexibility index (Phi) is 5.49. The van der Waals surface area contributed by atoms with Crippen molar-refractivity contribution in [1.29, 1.82) is 0 Å². The van der Waals surface area contributed by atoms with Crippen LogP contribution in [-0.4, -0.2) is 11.9 Å². The van der Waals surface area contributed by atoms with Crippen LogP contribution in [0.3, 0.4) is 0 Å². The Bertz CT molecular complexity index is 376. The minimum absolute atomic E-state index is 0.0890. The average Bonchev–Trinajstić information content (AvgIpc) is 2.27. The second-order valence-electron chi connectivity index (χ2n) is 4.69. The number of carbonyl (C=O) groups excluding carboxylic acids is 1. The zero-order valence-electron chi connectivity index (χ0n) is 10.7. The zero-order valence-corrected chi connectivity index (χ0v) is 11.4. The Morgan fingerprint density at radius 3 is 2.53 bits per heavy atom. The number of hydrogen-bond donors (Lipinski definition) is 1. The van der Waals surface area contributed by atoms with Gasteiger partial charge in [-0.25, -0.2) is 0 Å². The lowest BCUT2D eigenvalue weighted by molar-refractivity contribution is -0.121. The SMILES string of the molecule is CC(C)[C@@H](C)NC(=O)CCc1ccccc1Cl. The molecule has 1 aromatic rings. The Balaban J connectivity index is 2.41. The van der Waals surface area contributed by atoms with Crippen molar-refractivity contribution in [2.24, 2.45) is 5.92 Å². The van der Waals surface area contributed by atoms with Gasteiger partial charge in [-0.15, -0.1) is 0 Å². The number of carbonyl (C=O) groups is 1. The highest BCUT2D eigenvalue weighted by Crippen LogP contribution is 2.16. The number of hydrogen-bond acceptors (Lipinski definition) is 1. The average molecular weight is 254 g/mol. The van der Waals surface area contributed by atoms with E-state index in [-0.39, 0.29) is 11.9 Å². The van der Waals surface area contributed by atoms with Gasteiger partial charge in [-0.05, 0) is 30.9 Å². The summed E-state index contributed by atoms with van der Waals surface area (Å²) in [7, 11) is 0. The number of halogens is 1. The van der Waals surface area contributed by atoms with E-state index in [2.05, 4.69) is 19.2 Å². The normalized spacial score (nSPS) is 12.5. The van der Waals surface area contributed by atoms with Crippen molar-refractivity contribution in [3.05, 3.63) is 34.9 Å². The van der Waals surface area contributed by atoms with Crippen molar-refractivity contribution in [3.63, 3.8) is 0 Å². The van der Waals surface area contributed by atoms with Gasteiger partial charge < -0.3 is 5.32 Å². The monoisotopic (exact) mass is 253 g/mol. The van der Waals surface area contributed by atoms with Crippen molar-refractivity contribution < 1.29 is 4.79 Å². The fourth-order valence-electron chi connectivity index (χ4n) is 1.44. The maximum absolute atomic E-state index is 11.7. The van der Waals surface area contributed by atoms with Crippen LogP contribution < -0.4 is 5.32 Å². The predicted molar refractivity (Wildman–Crippen MR) is 72.2 cm³/mol. The van der Waals surface area contributed by atoms with Crippen LogP contribution in [0.4, 0.5) is 0 Å². The van der Waals surface area contributed by atoms with Gasteiger partial charge in [0, 0.05) is 17.5 Å². The standard InChI is InChI=1S/C14H20ClNO/c1-10(2)11(3)16-14(17)9-8-12-6-4-5-7-13(12)15/h4-7,10-11H,8-9H2,1-3H3,(H,16,17)/t11-/m1/s1. The third kappa shape index (κ3) is 4.78. The summed E-state index contributed by atoms with van der Waals surface area (Å²) in [6.45, 7) is 6.22. The first-order chi connectivity index (χ1) is 8.00. The lowest BCUT2D eigenvalue weighted by Crippen LogP contribution is -2.36. The fourth-order valence-corrected chi connectivity index (χ4v) is 1.67. The second kappa shape index (κ2) is 6.65. The smallest absolute Gasteiger partial charge is 0.220 e. The van der Waals surface area contributed by atoms with Crippen molar-refractivity contribution in [1.82, 2.24) is 5.32 Å². The van der Waals surface area contributed by atoms with Crippen molar-refractivity contribution in [2.45, 2.75) is 39.7 Å². The van der Waals surface area contributed by atoms with Crippen LogP contribution in [-0.2, 0) is 11.2 Å². The van der Waals surface area contributed by atoms with E-state index in [1.807, 2.05) is 31.2 Å². The van der Waals surface area contributed by atoms with E-state index in [9.17, 15) is 4.79 Å². The molecule has 0 saturated carbocycles. The van der Waals surface area contributed by atoms with Crippen LogP contribution in [0.2, 0.25) is 5.02 Å². The van der Waals surface area contributed by atoms with Crippen LogP contribution in [0.5, 0.6) is 0 Å². The van der Waals surface area contributed by atoms with Crippen LogP contribution in [0, 0.1) is 5.92 Å². The molecule has 94 valence electrons. The summed E-state index contributed by atoms with van der Waals surface area (Å²) in [6, 6.07) is 7.86. The van der Waals surface area contributed by atoms with Gasteiger partial charge in [0.25, 0.3) is 0 Å². The van der Waals surface area contributed by atoms with Crippen LogP contribution in [0.1, 0.15) is 32.8 Å². The molecule has 1 rings (SSSR count). The van der Waals surface area contributed by atoms with E-state index in [0.717, 1.165) is 10.6 Å². The third-order valence-electron chi connectivity index (χ3n) is 2.97. The van der Waals surface area contributed by atoms with E-state index >= 15 is 0 Å². The van der Waals surface area contributed by atoms with Crippen LogP contribution in [0.15, 0.2) is 24.3 Å². The molecule has 1 amide bonds. The van der Waals surface area contributed by atoms with Gasteiger partial charge in [-0.2, -0.15) is 0 Å². The van der Waals surface area contributed by atoms with E-state index in [0.29, 0.717) is 18.8 Å². The van der Waals surface area contributed by atoms with Gasteiger partial charge in [0.1, 0.15) is 0 Å². The summed E-state index contributed by atoms with van der Waals surface area (Å²) in [5, 5.41) is 3.72. The number of amides is 1. The molecule has 1 aromatic carbocycles. The maximum atomic E-state index is 11.7. The number of nitrogens with one attached hydrogen (secondary N) is 1. The van der Waals surface area contributed by atoms with E-state index in [1.54, 1.807) is 0 Å². The van der Waals surface area contributed by atoms with E-state index in [1.165, 1.54) is 0 Å². The summed E-state index contributed by atoms with van der Waals surface area (Å²) in [5.74, 6) is 0.547. The molecule has 0 aliphatic rings. The first-order valence-corrected chi connectivity index (χ1v) is 6.41. The molecule has 0 radical (unpaired) electrons. The molecule has 0 heterocycles. The Morgan fingerprint density at radius 1 is 1.29 bits per heavy atom. The lowest BCUT2D eigenvalue weighted by atomic mass is 10.1. The molecule has 0 saturated heterocycles. The lowest BCUT2D eigenvalue weighted by Gasteiger charge is -2.17. The highest BCUT2D eigenvalue weighted by atomic mass is 35.5. The number of aryl methyl sites for hydroxylation is 1. The van der Waals surface area contributed by atoms with Crippen molar-refractivity contribution in [3.8, 4) is 0 Å². The molecule has 2 nitrogen and oxygen atoms in total. The molecule has 0 fully saturated rings. The number of rotatable bonds is 5. The molecule has 0 spiro atoms. The van der Waals surface area contributed by atoms with E-state index in [4.69, 9.17) is 11.6 Å². The third-order valence-corrected chi connectivity index (χ3v) is 3.34. The van der Waals surface area contributed by atoms with Crippen LogP contribution in [0.25, 0.3) is 0 Å². The molecule has 17 heavy (non-hydrogen) atoms. The number of benzene rings is 1. The summed E-state index contributed by atoms with van der Waals surface area (Å²) in [5.41, 5.74) is 1.03. The minimum Gasteiger partial charge on any atom is -0.353 e. The summed E-state index contributed by atoms with van der Waals surface area (Å²) >= 11 is 6.03. The van der Waals surface area contributed by atoms with Gasteiger partial charge >= 0.3 is 0 Å². The summed E-state index contributed by atoms with van der Waals surface area (Å²) < 4.78 is 0. The quantitative estimate of drug-likeness (QED) is 0.856. The largest absolute Gasteiger partial charge is 0.353 e. The first-order valence-electron chi connectivity index (χ1n) is 6.03. The van der Waals surface area contributed by atoms with Gasteiger partial charge in [-0.3, -0.25) is 4.79 Å². The first kappa shape index (κ1) is 14.0. The Morgan fingerprint density at radius 2 is 1.94 bits per heavy atom. The molecule has 0 aliphatic carbocycles. The van der Waals surface area contributed by atoms with Crippen molar-refractivity contribution >= 4 is 17.5 Å². The van der Waals surface area contributed by atoms with Gasteiger partial charge in [-0.1, -0.05) is 43.6 Å². The second-order valence-corrected chi connectivity index (χ2v) is 5.10. The Hall–Kier alpha value is -1.02. The van der Waals surface area contributed by atoms with Crippen molar-refractivity contribution in [2.75, 3.05) is 0 Å². The fraction of sp³-hybridized carbons (Fsp3) is 0.500. The summed E-state index contributed by atoms with van der Waals surface area (Å²) in [4.78, 5) is 11.7. The van der Waals surface area contributed by atoms with E-state index < -0.39 is 0 Å². The van der Waals surface area contributed by atoms with Gasteiger partial charge in [0.2, 0.25) is 5.91 Å². The molecule has 1 N–H and O–H groups in total. The highest BCUT2D eigenvalue weighted by molar-refractivity contribution is 6.31. The Labute approximate surface area is 108 Å². The molecular formula is C14H20ClNO. The van der Waals surface area contributed by atoms with Gasteiger partial charge in [0.15, 0.2) is 0 Å². The molecule has 0 aliphatic heterocycles. The molecule has 0 unspecified atom stereocenters. The van der Waals surface area contributed by atoms with Crippen LogP contribution >= 0.6 is 11.6 Å². The highest BCUT2D eigenvalue weighted by Gasteiger charge is 2.11. The maximum Gasteiger partial charge on any atom is 0.220 e. The minimum atomic E-state index is 0.0890. The molecule has 1 atom stereocenters. The topological polar surface area (TPSA) is 29.1 Å². The molecule has 0 bridgehead atoms. The van der Waals surface area contributed by atoms with Gasteiger partial charge in [0.05, 0.1) is 0 Å². The zero-order chi connectivity index (χ0) is 12.8. The predicted octanol–water partition coefficient (Wildman–Crippen LogP) is 3.43.